The number of rotatable bonds is 3. The fourth-order valence-corrected chi connectivity index (χ4v) is 1.55. The molecule has 1 aromatic carbocycles. The Labute approximate surface area is 104 Å². The monoisotopic (exact) mass is 244 g/mol. The Morgan fingerprint density at radius 2 is 2.24 bits per heavy atom. The minimum absolute atomic E-state index is 0.341. The molecule has 0 saturated carbocycles. The molecule has 2 rings (SSSR count). The second-order valence-electron chi connectivity index (χ2n) is 3.36. The van der Waals surface area contributed by atoms with Crippen LogP contribution >= 0.6 is 11.6 Å². The van der Waals surface area contributed by atoms with Crippen molar-refractivity contribution in [2.45, 2.75) is 6.54 Å². The van der Waals surface area contributed by atoms with E-state index >= 15 is 0 Å². The van der Waals surface area contributed by atoms with Crippen LogP contribution in [0.25, 0.3) is 0 Å². The molecule has 0 bridgehead atoms. The number of benzene rings is 1. The molecule has 4 nitrogen and oxygen atoms in total. The molecule has 1 aromatic heterocycles. The minimum Gasteiger partial charge on any atom is -0.350 e. The van der Waals surface area contributed by atoms with Crippen LogP contribution in [0.4, 0.5) is 5.95 Å². The van der Waals surface area contributed by atoms with Gasteiger partial charge in [-0.2, -0.15) is 5.26 Å². The van der Waals surface area contributed by atoms with Crippen LogP contribution in [0.3, 0.4) is 0 Å². The fraction of sp³-hybridized carbons (Fsp3) is 0.0833. The molecule has 0 radical (unpaired) electrons. The molecule has 0 atom stereocenters. The van der Waals surface area contributed by atoms with E-state index in [1.165, 1.54) is 0 Å². The van der Waals surface area contributed by atoms with E-state index in [0.29, 0.717) is 23.2 Å². The van der Waals surface area contributed by atoms with E-state index in [2.05, 4.69) is 15.3 Å². The SMILES string of the molecule is N#Cc1ccnc(NCc2cccc(Cl)c2)n1. The first kappa shape index (κ1) is 11.4. The summed E-state index contributed by atoms with van der Waals surface area (Å²) >= 11 is 5.87. The lowest BCUT2D eigenvalue weighted by molar-refractivity contribution is 1.04. The summed E-state index contributed by atoms with van der Waals surface area (Å²) in [4.78, 5) is 8.03. The third-order valence-electron chi connectivity index (χ3n) is 2.11. The topological polar surface area (TPSA) is 61.6 Å². The number of anilines is 1. The van der Waals surface area contributed by atoms with Crippen LogP contribution < -0.4 is 5.32 Å². The van der Waals surface area contributed by atoms with E-state index in [4.69, 9.17) is 16.9 Å². The molecule has 5 heteroatoms. The van der Waals surface area contributed by atoms with Gasteiger partial charge in [-0.1, -0.05) is 23.7 Å². The van der Waals surface area contributed by atoms with Gasteiger partial charge in [-0.15, -0.1) is 0 Å². The average molecular weight is 245 g/mol. The van der Waals surface area contributed by atoms with Crippen molar-refractivity contribution in [3.8, 4) is 6.07 Å². The maximum atomic E-state index is 8.70. The predicted octanol–water partition coefficient (Wildman–Crippen LogP) is 2.61. The highest BCUT2D eigenvalue weighted by Crippen LogP contribution is 2.11. The predicted molar refractivity (Wildman–Crippen MR) is 65.5 cm³/mol. The molecule has 1 N–H and O–H groups in total. The van der Waals surface area contributed by atoms with Gasteiger partial charge in [-0.25, -0.2) is 9.97 Å². The maximum Gasteiger partial charge on any atom is 0.224 e. The molecule has 0 unspecified atom stereocenters. The molecule has 0 aliphatic carbocycles. The molecule has 0 spiro atoms. The van der Waals surface area contributed by atoms with Gasteiger partial charge in [0, 0.05) is 17.8 Å². The molecule has 0 aliphatic heterocycles. The van der Waals surface area contributed by atoms with Gasteiger partial charge in [0.05, 0.1) is 0 Å². The Bertz CT molecular complexity index is 562. The zero-order chi connectivity index (χ0) is 12.1. The molecule has 1 heterocycles. The van der Waals surface area contributed by atoms with Gasteiger partial charge in [0.1, 0.15) is 11.8 Å². The van der Waals surface area contributed by atoms with Crippen molar-refractivity contribution in [3.05, 3.63) is 52.8 Å². The van der Waals surface area contributed by atoms with Crippen LogP contribution in [0.2, 0.25) is 5.02 Å². The van der Waals surface area contributed by atoms with E-state index in [0.717, 1.165) is 5.56 Å². The van der Waals surface area contributed by atoms with E-state index in [1.807, 2.05) is 30.3 Å². The summed E-state index contributed by atoms with van der Waals surface area (Å²) in [6, 6.07) is 11.0. The van der Waals surface area contributed by atoms with Gasteiger partial charge < -0.3 is 5.32 Å². The second-order valence-corrected chi connectivity index (χ2v) is 3.80. The first-order valence-corrected chi connectivity index (χ1v) is 5.37. The third-order valence-corrected chi connectivity index (χ3v) is 2.34. The summed E-state index contributed by atoms with van der Waals surface area (Å²) in [7, 11) is 0. The average Bonchev–Trinajstić information content (AvgIpc) is 2.37. The van der Waals surface area contributed by atoms with Gasteiger partial charge in [0.25, 0.3) is 0 Å². The van der Waals surface area contributed by atoms with Gasteiger partial charge in [-0.05, 0) is 23.8 Å². The number of hydrogen-bond donors (Lipinski definition) is 1. The normalized spacial score (nSPS) is 9.65. The van der Waals surface area contributed by atoms with Crippen molar-refractivity contribution in [1.29, 1.82) is 5.26 Å². The maximum absolute atomic E-state index is 8.70. The van der Waals surface area contributed by atoms with Crippen LogP contribution in [0, 0.1) is 11.3 Å². The summed E-state index contributed by atoms with van der Waals surface area (Å²) in [5, 5.41) is 12.4. The first-order valence-electron chi connectivity index (χ1n) is 4.99. The highest BCUT2D eigenvalue weighted by Gasteiger charge is 1.99. The lowest BCUT2D eigenvalue weighted by atomic mass is 10.2. The van der Waals surface area contributed by atoms with Crippen molar-refractivity contribution < 1.29 is 0 Å². The third kappa shape index (κ3) is 3.16. The summed E-state index contributed by atoms with van der Waals surface area (Å²) in [5.74, 6) is 0.434. The van der Waals surface area contributed by atoms with E-state index in [9.17, 15) is 0 Å². The van der Waals surface area contributed by atoms with Gasteiger partial charge in [-0.3, -0.25) is 0 Å². The number of hydrogen-bond acceptors (Lipinski definition) is 4. The van der Waals surface area contributed by atoms with Crippen molar-refractivity contribution >= 4 is 17.5 Å². The van der Waals surface area contributed by atoms with Crippen molar-refractivity contribution in [2.24, 2.45) is 0 Å². The Kier molecular flexibility index (Phi) is 3.53. The zero-order valence-electron chi connectivity index (χ0n) is 8.89. The molecule has 84 valence electrons. The Morgan fingerprint density at radius 3 is 3.00 bits per heavy atom. The van der Waals surface area contributed by atoms with Crippen molar-refractivity contribution in [3.63, 3.8) is 0 Å². The smallest absolute Gasteiger partial charge is 0.224 e. The van der Waals surface area contributed by atoms with Gasteiger partial charge >= 0.3 is 0 Å². The minimum atomic E-state index is 0.341. The standard InChI is InChI=1S/C12H9ClN4/c13-10-3-1-2-9(6-10)8-16-12-15-5-4-11(7-14)17-12/h1-6H,8H2,(H,15,16,17). The summed E-state index contributed by atoms with van der Waals surface area (Å²) in [6.45, 7) is 0.565. The van der Waals surface area contributed by atoms with Crippen LogP contribution in [0.1, 0.15) is 11.3 Å². The molecular formula is C12H9ClN4. The summed E-state index contributed by atoms with van der Waals surface area (Å²) in [6.07, 6.45) is 1.55. The zero-order valence-corrected chi connectivity index (χ0v) is 9.65. The highest BCUT2D eigenvalue weighted by atomic mass is 35.5. The number of halogens is 1. The van der Waals surface area contributed by atoms with Gasteiger partial charge in [0.2, 0.25) is 5.95 Å². The lowest BCUT2D eigenvalue weighted by Crippen LogP contribution is -2.03. The van der Waals surface area contributed by atoms with E-state index < -0.39 is 0 Å². The van der Waals surface area contributed by atoms with Crippen molar-refractivity contribution in [2.75, 3.05) is 5.32 Å². The fourth-order valence-electron chi connectivity index (χ4n) is 1.33. The van der Waals surface area contributed by atoms with E-state index in [-0.39, 0.29) is 0 Å². The molecule has 2 aromatic rings. The molecule has 0 amide bonds. The number of nitrogens with one attached hydrogen (secondary N) is 1. The molecule has 0 saturated heterocycles. The highest BCUT2D eigenvalue weighted by molar-refractivity contribution is 6.30. The number of nitrogens with zero attached hydrogens (tertiary/aromatic N) is 3. The van der Waals surface area contributed by atoms with Crippen LogP contribution in [-0.2, 0) is 6.54 Å². The van der Waals surface area contributed by atoms with Crippen LogP contribution in [0.5, 0.6) is 0 Å². The Hall–Kier alpha value is -2.12. The van der Waals surface area contributed by atoms with Crippen molar-refractivity contribution in [1.82, 2.24) is 9.97 Å². The second kappa shape index (κ2) is 5.28. The van der Waals surface area contributed by atoms with Crippen LogP contribution in [0.15, 0.2) is 36.5 Å². The summed E-state index contributed by atoms with van der Waals surface area (Å²) in [5.41, 5.74) is 1.37. The molecule has 0 fully saturated rings. The Morgan fingerprint density at radius 1 is 1.35 bits per heavy atom. The molecule has 17 heavy (non-hydrogen) atoms. The van der Waals surface area contributed by atoms with E-state index in [1.54, 1.807) is 12.3 Å². The Balaban J connectivity index is 2.05. The van der Waals surface area contributed by atoms with Gasteiger partial charge in [0.15, 0.2) is 0 Å². The summed E-state index contributed by atoms with van der Waals surface area (Å²) < 4.78 is 0. The van der Waals surface area contributed by atoms with Crippen LogP contribution in [-0.4, -0.2) is 9.97 Å². The number of aromatic nitrogens is 2. The molecular weight excluding hydrogens is 236 g/mol. The largest absolute Gasteiger partial charge is 0.350 e. The molecule has 0 aliphatic rings. The number of nitriles is 1. The quantitative estimate of drug-likeness (QED) is 0.902. The lowest BCUT2D eigenvalue weighted by Gasteiger charge is -2.04. The first-order chi connectivity index (χ1) is 8.28.